The third-order valence-corrected chi connectivity index (χ3v) is 8.01. The standard InChI is InChI=1S/C34H39FN6O3/c1-33(2,3)25-10-7-23(8-11-25)31(42)38-28-18-24(9-12-26(28)35)27-19-29(32(43)40(5)39-27)37-30-13-6-22(20-36-30)21-41-16-14-34(4,44)15-17-41/h6-13,18-20,44H,14-17,21H2,1-5H3,(H,36,37)(H,38,42). The molecule has 4 aromatic rings. The highest BCUT2D eigenvalue weighted by molar-refractivity contribution is 6.04. The normalized spacial score (nSPS) is 15.2. The van der Waals surface area contributed by atoms with Gasteiger partial charge in [0.05, 0.1) is 17.0 Å². The molecular weight excluding hydrogens is 559 g/mol. The van der Waals surface area contributed by atoms with Gasteiger partial charge >= 0.3 is 0 Å². The number of piperidine rings is 1. The Bertz CT molecular complexity index is 1700. The average Bonchev–Trinajstić information content (AvgIpc) is 2.98. The summed E-state index contributed by atoms with van der Waals surface area (Å²) in [5.74, 6) is -0.524. The second-order valence-electron chi connectivity index (χ2n) is 12.8. The molecule has 0 unspecified atom stereocenters. The Morgan fingerprint density at radius 1 is 1.02 bits per heavy atom. The number of anilines is 3. The molecule has 2 aromatic carbocycles. The average molecular weight is 599 g/mol. The molecule has 1 amide bonds. The van der Waals surface area contributed by atoms with E-state index in [1.54, 1.807) is 30.5 Å². The van der Waals surface area contributed by atoms with Crippen molar-refractivity contribution in [1.29, 1.82) is 0 Å². The molecule has 0 bridgehead atoms. The van der Waals surface area contributed by atoms with Crippen molar-refractivity contribution in [1.82, 2.24) is 19.7 Å². The van der Waals surface area contributed by atoms with Crippen LogP contribution in [-0.2, 0) is 19.0 Å². The number of benzene rings is 2. The molecule has 1 aliphatic rings. The van der Waals surface area contributed by atoms with Gasteiger partial charge in [0.2, 0.25) is 0 Å². The number of pyridine rings is 1. The molecule has 1 saturated heterocycles. The van der Waals surface area contributed by atoms with Gasteiger partial charge in [0, 0.05) is 44.0 Å². The van der Waals surface area contributed by atoms with E-state index in [0.29, 0.717) is 22.6 Å². The largest absolute Gasteiger partial charge is 0.390 e. The number of carbonyl (C=O) groups excluding carboxylic acids is 1. The molecule has 1 aliphatic heterocycles. The fraction of sp³-hybridized carbons (Fsp3) is 0.353. The Morgan fingerprint density at radius 2 is 1.73 bits per heavy atom. The van der Waals surface area contributed by atoms with E-state index in [2.05, 4.69) is 46.4 Å². The number of amides is 1. The van der Waals surface area contributed by atoms with Crippen LogP contribution in [0.15, 0.2) is 71.7 Å². The van der Waals surface area contributed by atoms with Crippen LogP contribution in [0.5, 0.6) is 0 Å². The first-order chi connectivity index (χ1) is 20.8. The van der Waals surface area contributed by atoms with Crippen molar-refractivity contribution < 1.29 is 14.3 Å². The molecule has 230 valence electrons. The van der Waals surface area contributed by atoms with E-state index in [4.69, 9.17) is 0 Å². The van der Waals surface area contributed by atoms with E-state index in [9.17, 15) is 19.1 Å². The number of nitrogens with one attached hydrogen (secondary N) is 2. The van der Waals surface area contributed by atoms with Gasteiger partial charge in [0.1, 0.15) is 17.3 Å². The van der Waals surface area contributed by atoms with E-state index < -0.39 is 17.3 Å². The van der Waals surface area contributed by atoms with Gasteiger partial charge in [-0.15, -0.1) is 0 Å². The first-order valence-corrected chi connectivity index (χ1v) is 14.7. The lowest BCUT2D eigenvalue weighted by Gasteiger charge is -2.35. The molecule has 0 spiro atoms. The quantitative estimate of drug-likeness (QED) is 0.253. The summed E-state index contributed by atoms with van der Waals surface area (Å²) < 4.78 is 16.0. The van der Waals surface area contributed by atoms with Gasteiger partial charge in [-0.1, -0.05) is 39.0 Å². The van der Waals surface area contributed by atoms with Crippen molar-refractivity contribution in [2.45, 2.75) is 58.1 Å². The Hall–Kier alpha value is -4.41. The lowest BCUT2D eigenvalue weighted by molar-refractivity contribution is -0.00732. The molecule has 3 N–H and O–H groups in total. The van der Waals surface area contributed by atoms with Crippen molar-refractivity contribution in [3.8, 4) is 11.3 Å². The summed E-state index contributed by atoms with van der Waals surface area (Å²) >= 11 is 0. The van der Waals surface area contributed by atoms with Crippen molar-refractivity contribution in [3.63, 3.8) is 0 Å². The maximum absolute atomic E-state index is 14.8. The molecule has 2 aromatic heterocycles. The molecule has 10 heteroatoms. The van der Waals surface area contributed by atoms with Crippen molar-refractivity contribution in [3.05, 3.63) is 99.7 Å². The second-order valence-corrected chi connectivity index (χ2v) is 12.8. The van der Waals surface area contributed by atoms with Crippen LogP contribution in [0.25, 0.3) is 11.3 Å². The fourth-order valence-electron chi connectivity index (χ4n) is 5.12. The van der Waals surface area contributed by atoms with Crippen molar-refractivity contribution in [2.75, 3.05) is 23.7 Å². The van der Waals surface area contributed by atoms with Crippen LogP contribution in [0.1, 0.15) is 62.0 Å². The molecule has 0 saturated carbocycles. The molecule has 3 heterocycles. The van der Waals surface area contributed by atoms with Crippen LogP contribution in [0.2, 0.25) is 0 Å². The van der Waals surface area contributed by atoms with E-state index in [1.807, 2.05) is 31.2 Å². The zero-order valence-electron chi connectivity index (χ0n) is 25.8. The number of aliphatic hydroxyl groups is 1. The van der Waals surface area contributed by atoms with E-state index >= 15 is 0 Å². The third kappa shape index (κ3) is 7.38. The minimum Gasteiger partial charge on any atom is -0.390 e. The topological polar surface area (TPSA) is 112 Å². The smallest absolute Gasteiger partial charge is 0.290 e. The lowest BCUT2D eigenvalue weighted by atomic mass is 9.87. The number of hydrogen-bond acceptors (Lipinski definition) is 7. The Balaban J connectivity index is 1.31. The van der Waals surface area contributed by atoms with E-state index in [1.165, 1.54) is 23.9 Å². The number of nitrogens with zero attached hydrogens (tertiary/aromatic N) is 4. The Kier molecular flexibility index (Phi) is 8.67. The second kappa shape index (κ2) is 12.3. The zero-order valence-corrected chi connectivity index (χ0v) is 25.8. The summed E-state index contributed by atoms with van der Waals surface area (Å²) in [6.07, 6.45) is 3.25. The number of likely N-dealkylation sites (tertiary alicyclic amines) is 1. The Morgan fingerprint density at radius 3 is 2.36 bits per heavy atom. The first kappa shape index (κ1) is 31.0. The summed E-state index contributed by atoms with van der Waals surface area (Å²) in [5.41, 5.74) is 2.73. The Labute approximate surface area is 256 Å². The van der Waals surface area contributed by atoms with Gasteiger partial charge in [0.15, 0.2) is 0 Å². The number of carbonyl (C=O) groups is 1. The van der Waals surface area contributed by atoms with Gasteiger partial charge in [-0.05, 0) is 78.8 Å². The summed E-state index contributed by atoms with van der Waals surface area (Å²) in [4.78, 5) is 32.6. The summed E-state index contributed by atoms with van der Waals surface area (Å²) in [7, 11) is 1.54. The molecule has 5 rings (SSSR count). The summed E-state index contributed by atoms with van der Waals surface area (Å²) in [6.45, 7) is 10.5. The number of halogens is 1. The van der Waals surface area contributed by atoms with Crippen LogP contribution >= 0.6 is 0 Å². The minimum absolute atomic E-state index is 0.00661. The monoisotopic (exact) mass is 598 g/mol. The van der Waals surface area contributed by atoms with Gasteiger partial charge in [-0.25, -0.2) is 14.1 Å². The highest BCUT2D eigenvalue weighted by Crippen LogP contribution is 2.27. The van der Waals surface area contributed by atoms with Gasteiger partial charge in [-0.3, -0.25) is 14.5 Å². The minimum atomic E-state index is -0.597. The number of rotatable bonds is 7. The molecule has 1 fully saturated rings. The fourth-order valence-corrected chi connectivity index (χ4v) is 5.12. The number of aromatic nitrogens is 3. The summed E-state index contributed by atoms with van der Waals surface area (Å²) in [5, 5.41) is 20.3. The third-order valence-electron chi connectivity index (χ3n) is 8.01. The maximum Gasteiger partial charge on any atom is 0.290 e. The predicted molar refractivity (Wildman–Crippen MR) is 171 cm³/mol. The molecule has 44 heavy (non-hydrogen) atoms. The first-order valence-electron chi connectivity index (χ1n) is 14.7. The molecule has 0 aliphatic carbocycles. The molecule has 0 radical (unpaired) electrons. The maximum atomic E-state index is 14.8. The number of aryl methyl sites for hydroxylation is 1. The molecular formula is C34H39FN6O3. The molecule has 9 nitrogen and oxygen atoms in total. The zero-order chi connectivity index (χ0) is 31.6. The van der Waals surface area contributed by atoms with Crippen LogP contribution in [0.4, 0.5) is 21.6 Å². The summed E-state index contributed by atoms with van der Waals surface area (Å²) in [6, 6.07) is 16.9. The van der Waals surface area contributed by atoms with Crippen LogP contribution in [0, 0.1) is 5.82 Å². The van der Waals surface area contributed by atoms with E-state index in [-0.39, 0.29) is 22.3 Å². The SMILES string of the molecule is Cn1nc(-c2ccc(F)c(NC(=O)c3ccc(C(C)(C)C)cc3)c2)cc(Nc2ccc(CN3CCC(C)(O)CC3)cn2)c1=O. The number of hydrogen-bond donors (Lipinski definition) is 3. The highest BCUT2D eigenvalue weighted by atomic mass is 19.1. The van der Waals surface area contributed by atoms with Crippen LogP contribution in [-0.4, -0.2) is 49.4 Å². The van der Waals surface area contributed by atoms with Gasteiger partial charge in [-0.2, -0.15) is 5.10 Å². The van der Waals surface area contributed by atoms with Crippen molar-refractivity contribution >= 4 is 23.1 Å². The van der Waals surface area contributed by atoms with E-state index in [0.717, 1.165) is 43.6 Å². The lowest BCUT2D eigenvalue weighted by Crippen LogP contribution is -2.41. The van der Waals surface area contributed by atoms with Crippen LogP contribution in [0.3, 0.4) is 0 Å². The van der Waals surface area contributed by atoms with Gasteiger partial charge in [0.25, 0.3) is 11.5 Å². The predicted octanol–water partition coefficient (Wildman–Crippen LogP) is 5.62. The highest BCUT2D eigenvalue weighted by Gasteiger charge is 2.27. The van der Waals surface area contributed by atoms with Crippen LogP contribution < -0.4 is 16.2 Å². The molecule has 0 atom stereocenters. The van der Waals surface area contributed by atoms with Crippen molar-refractivity contribution in [2.24, 2.45) is 7.05 Å². The van der Waals surface area contributed by atoms with Gasteiger partial charge < -0.3 is 15.7 Å².